The standard InChI is InChI=1S/C17H16N4O2S2/c1-10(14(22)21-17(23)18-2)25-16-13-12(11-6-4-3-5-7-11)8-24-15(13)19-9-20-16/h3-10H,1-2H3,(H2,18,21,22,23)/t10-/m1/s1. The van der Waals surface area contributed by atoms with Crippen molar-refractivity contribution in [3.05, 3.63) is 42.0 Å². The first-order valence-corrected chi connectivity index (χ1v) is 9.33. The van der Waals surface area contributed by atoms with Gasteiger partial charge in [0.15, 0.2) is 0 Å². The van der Waals surface area contributed by atoms with Crippen molar-refractivity contribution in [3.8, 4) is 11.1 Å². The molecule has 8 heteroatoms. The highest BCUT2D eigenvalue weighted by Gasteiger charge is 2.20. The Morgan fingerprint density at radius 1 is 1.20 bits per heavy atom. The van der Waals surface area contributed by atoms with Crippen molar-refractivity contribution in [3.63, 3.8) is 0 Å². The topological polar surface area (TPSA) is 84.0 Å². The lowest BCUT2D eigenvalue weighted by molar-refractivity contribution is -0.119. The molecule has 0 fully saturated rings. The molecule has 0 spiro atoms. The molecule has 128 valence electrons. The zero-order chi connectivity index (χ0) is 17.8. The summed E-state index contributed by atoms with van der Waals surface area (Å²) in [6.45, 7) is 1.74. The van der Waals surface area contributed by atoms with Gasteiger partial charge in [-0.25, -0.2) is 14.8 Å². The molecule has 2 aromatic heterocycles. The number of carbonyl (C=O) groups excluding carboxylic acids is 2. The number of nitrogens with zero attached hydrogens (tertiary/aromatic N) is 2. The van der Waals surface area contributed by atoms with Gasteiger partial charge in [0, 0.05) is 18.0 Å². The second kappa shape index (κ2) is 7.62. The van der Waals surface area contributed by atoms with Gasteiger partial charge in [0.1, 0.15) is 16.2 Å². The monoisotopic (exact) mass is 372 g/mol. The van der Waals surface area contributed by atoms with Crippen LogP contribution in [0.25, 0.3) is 21.3 Å². The quantitative estimate of drug-likeness (QED) is 0.542. The summed E-state index contributed by atoms with van der Waals surface area (Å²) >= 11 is 2.85. The number of imide groups is 1. The zero-order valence-corrected chi connectivity index (χ0v) is 15.3. The number of nitrogens with one attached hydrogen (secondary N) is 2. The molecule has 2 N–H and O–H groups in total. The zero-order valence-electron chi connectivity index (χ0n) is 13.6. The average Bonchev–Trinajstić information content (AvgIpc) is 3.07. The number of thioether (sulfide) groups is 1. The molecule has 0 aliphatic carbocycles. The first kappa shape index (κ1) is 17.4. The molecule has 1 aromatic carbocycles. The summed E-state index contributed by atoms with van der Waals surface area (Å²) in [5.74, 6) is -0.368. The summed E-state index contributed by atoms with van der Waals surface area (Å²) in [6.07, 6.45) is 1.50. The Bertz CT molecular complexity index is 911. The number of carbonyl (C=O) groups is 2. The molecule has 0 aliphatic heterocycles. The van der Waals surface area contributed by atoms with Crippen molar-refractivity contribution in [1.82, 2.24) is 20.6 Å². The van der Waals surface area contributed by atoms with Gasteiger partial charge in [-0.2, -0.15) is 0 Å². The molecule has 0 unspecified atom stereocenters. The van der Waals surface area contributed by atoms with Crippen LogP contribution in [0.3, 0.4) is 0 Å². The SMILES string of the molecule is CNC(=O)NC(=O)[C@@H](C)Sc1ncnc2scc(-c3ccccc3)c12. The number of fused-ring (bicyclic) bond motifs is 1. The predicted octanol–water partition coefficient (Wildman–Crippen LogP) is 3.29. The van der Waals surface area contributed by atoms with Crippen LogP contribution in [0.1, 0.15) is 6.92 Å². The lowest BCUT2D eigenvalue weighted by Crippen LogP contribution is -2.41. The van der Waals surface area contributed by atoms with Gasteiger partial charge in [-0.15, -0.1) is 11.3 Å². The molecule has 0 aliphatic rings. The van der Waals surface area contributed by atoms with Crippen LogP contribution in [0.15, 0.2) is 47.1 Å². The van der Waals surface area contributed by atoms with E-state index in [9.17, 15) is 9.59 Å². The summed E-state index contributed by atoms with van der Waals surface area (Å²) in [7, 11) is 1.46. The third-order valence-corrected chi connectivity index (χ3v) is 5.53. The molecule has 3 aromatic rings. The second-order valence-electron chi connectivity index (χ2n) is 5.20. The van der Waals surface area contributed by atoms with Gasteiger partial charge < -0.3 is 5.32 Å². The van der Waals surface area contributed by atoms with Gasteiger partial charge in [0.25, 0.3) is 0 Å². The van der Waals surface area contributed by atoms with E-state index in [1.807, 2.05) is 35.7 Å². The van der Waals surface area contributed by atoms with Gasteiger partial charge >= 0.3 is 6.03 Å². The highest BCUT2D eigenvalue weighted by atomic mass is 32.2. The smallest absolute Gasteiger partial charge is 0.321 e. The van der Waals surface area contributed by atoms with E-state index in [1.165, 1.54) is 25.1 Å². The van der Waals surface area contributed by atoms with Gasteiger partial charge in [-0.3, -0.25) is 10.1 Å². The van der Waals surface area contributed by atoms with Crippen LogP contribution in [0, 0.1) is 0 Å². The lowest BCUT2D eigenvalue weighted by atomic mass is 10.1. The summed E-state index contributed by atoms with van der Waals surface area (Å²) in [6, 6.07) is 9.47. The molecule has 0 saturated heterocycles. The van der Waals surface area contributed by atoms with E-state index in [-0.39, 0.29) is 5.91 Å². The number of rotatable bonds is 4. The van der Waals surface area contributed by atoms with E-state index in [0.717, 1.165) is 26.4 Å². The third kappa shape index (κ3) is 3.80. The fourth-order valence-corrected chi connectivity index (χ4v) is 4.18. The molecule has 0 bridgehead atoms. The van der Waals surface area contributed by atoms with E-state index in [0.29, 0.717) is 0 Å². The van der Waals surface area contributed by atoms with Crippen molar-refractivity contribution in [2.24, 2.45) is 0 Å². The number of thiophene rings is 1. The molecule has 25 heavy (non-hydrogen) atoms. The van der Waals surface area contributed by atoms with E-state index in [1.54, 1.807) is 18.3 Å². The van der Waals surface area contributed by atoms with Crippen LogP contribution in [-0.4, -0.2) is 34.2 Å². The minimum Gasteiger partial charge on any atom is -0.341 e. The highest BCUT2D eigenvalue weighted by Crippen LogP contribution is 2.38. The minimum absolute atomic E-state index is 0.368. The van der Waals surface area contributed by atoms with Crippen LogP contribution in [-0.2, 0) is 4.79 Å². The average molecular weight is 372 g/mol. The Balaban J connectivity index is 1.93. The second-order valence-corrected chi connectivity index (χ2v) is 7.39. The van der Waals surface area contributed by atoms with Crippen LogP contribution in [0.2, 0.25) is 0 Å². The van der Waals surface area contributed by atoms with E-state index >= 15 is 0 Å². The maximum atomic E-state index is 12.1. The third-order valence-electron chi connectivity index (χ3n) is 3.54. The van der Waals surface area contributed by atoms with Crippen LogP contribution in [0.5, 0.6) is 0 Å². The largest absolute Gasteiger partial charge is 0.341 e. The number of benzene rings is 1. The molecular weight excluding hydrogens is 356 g/mol. The maximum absolute atomic E-state index is 12.1. The number of aromatic nitrogens is 2. The molecule has 0 saturated carbocycles. The number of hydrogen-bond acceptors (Lipinski definition) is 6. The van der Waals surface area contributed by atoms with Crippen molar-refractivity contribution < 1.29 is 9.59 Å². The van der Waals surface area contributed by atoms with Gasteiger partial charge in [0.2, 0.25) is 5.91 Å². The van der Waals surface area contributed by atoms with Gasteiger partial charge in [0.05, 0.1) is 10.6 Å². The maximum Gasteiger partial charge on any atom is 0.321 e. The minimum atomic E-state index is -0.522. The van der Waals surface area contributed by atoms with E-state index in [2.05, 4.69) is 20.6 Å². The molecule has 3 rings (SSSR count). The fourth-order valence-electron chi connectivity index (χ4n) is 2.26. The van der Waals surface area contributed by atoms with Crippen LogP contribution < -0.4 is 10.6 Å². The van der Waals surface area contributed by atoms with Gasteiger partial charge in [-0.1, -0.05) is 42.1 Å². The molecular formula is C17H16N4O2S2. The summed E-state index contributed by atoms with van der Waals surface area (Å²) < 4.78 is 0. The molecule has 3 amide bonds. The van der Waals surface area contributed by atoms with Gasteiger partial charge in [-0.05, 0) is 12.5 Å². The molecule has 0 radical (unpaired) electrons. The van der Waals surface area contributed by atoms with Crippen LogP contribution >= 0.6 is 23.1 Å². The molecule has 2 heterocycles. The lowest BCUT2D eigenvalue weighted by Gasteiger charge is -2.11. The summed E-state index contributed by atoms with van der Waals surface area (Å²) in [5.41, 5.74) is 2.12. The molecule has 1 atom stereocenters. The number of amides is 3. The Hall–Kier alpha value is -2.45. The Kier molecular flexibility index (Phi) is 5.30. The first-order chi connectivity index (χ1) is 12.1. The van der Waals surface area contributed by atoms with Crippen molar-refractivity contribution in [1.29, 1.82) is 0 Å². The fraction of sp³-hybridized carbons (Fsp3) is 0.176. The Labute approximate surface area is 153 Å². The van der Waals surface area contributed by atoms with E-state index < -0.39 is 11.3 Å². The normalized spacial score (nSPS) is 11.9. The Morgan fingerprint density at radius 2 is 1.96 bits per heavy atom. The Morgan fingerprint density at radius 3 is 2.68 bits per heavy atom. The predicted molar refractivity (Wildman–Crippen MR) is 101 cm³/mol. The van der Waals surface area contributed by atoms with Crippen molar-refractivity contribution in [2.45, 2.75) is 17.2 Å². The summed E-state index contributed by atoms with van der Waals surface area (Å²) in [5, 5.41) is 7.89. The van der Waals surface area contributed by atoms with Crippen molar-refractivity contribution in [2.75, 3.05) is 7.05 Å². The molecule has 6 nitrogen and oxygen atoms in total. The highest BCUT2D eigenvalue weighted by molar-refractivity contribution is 8.00. The van der Waals surface area contributed by atoms with Crippen molar-refractivity contribution >= 4 is 45.3 Å². The number of hydrogen-bond donors (Lipinski definition) is 2. The summed E-state index contributed by atoms with van der Waals surface area (Å²) in [4.78, 5) is 33.0. The van der Waals surface area contributed by atoms with Crippen LogP contribution in [0.4, 0.5) is 4.79 Å². The van der Waals surface area contributed by atoms with E-state index in [4.69, 9.17) is 0 Å². The first-order valence-electron chi connectivity index (χ1n) is 7.57. The number of urea groups is 1.